The van der Waals surface area contributed by atoms with Crippen LogP contribution in [0.4, 0.5) is 0 Å². The maximum absolute atomic E-state index is 5.41. The van der Waals surface area contributed by atoms with Crippen LogP contribution >= 0.6 is 35.7 Å². The number of aryl methyl sites for hydroxylation is 1. The minimum Gasteiger partial charge on any atom is -0.493 e. The molecule has 5 nitrogen and oxygen atoms in total. The highest BCUT2D eigenvalue weighted by Gasteiger charge is 2.12. The number of methoxy groups -OCH3 is 2. The van der Waals surface area contributed by atoms with Crippen molar-refractivity contribution in [3.63, 3.8) is 0 Å². The van der Waals surface area contributed by atoms with E-state index in [1.165, 1.54) is 23.3 Å². The largest absolute Gasteiger partial charge is 0.493 e. The van der Waals surface area contributed by atoms with Gasteiger partial charge in [0.05, 0.1) is 14.2 Å². The minimum atomic E-state index is 0. The number of thioether (sulfide) groups is 1. The van der Waals surface area contributed by atoms with Crippen molar-refractivity contribution < 1.29 is 9.47 Å². The predicted octanol–water partition coefficient (Wildman–Crippen LogP) is 3.78. The van der Waals surface area contributed by atoms with Crippen LogP contribution in [0.25, 0.3) is 0 Å². The summed E-state index contributed by atoms with van der Waals surface area (Å²) >= 11 is 1.89. The van der Waals surface area contributed by atoms with Gasteiger partial charge >= 0.3 is 0 Å². The van der Waals surface area contributed by atoms with Gasteiger partial charge in [-0.1, -0.05) is 0 Å². The van der Waals surface area contributed by atoms with Crippen molar-refractivity contribution in [3.05, 3.63) is 23.3 Å². The number of hydrogen-bond acceptors (Lipinski definition) is 4. The number of hydrogen-bond donors (Lipinski definition) is 1. The zero-order valence-electron chi connectivity index (χ0n) is 16.2. The number of ether oxygens (including phenoxy) is 2. The number of nitrogens with zero attached hydrogens (tertiary/aromatic N) is 2. The summed E-state index contributed by atoms with van der Waals surface area (Å²) in [6.45, 7) is 3.79. The van der Waals surface area contributed by atoms with Gasteiger partial charge in [0.15, 0.2) is 17.5 Å². The number of benzene rings is 1. The first-order valence-corrected chi connectivity index (χ1v) is 9.59. The van der Waals surface area contributed by atoms with Gasteiger partial charge in [0, 0.05) is 27.2 Å². The van der Waals surface area contributed by atoms with Crippen molar-refractivity contribution in [2.75, 3.05) is 46.9 Å². The summed E-state index contributed by atoms with van der Waals surface area (Å²) in [5.41, 5.74) is 2.37. The summed E-state index contributed by atoms with van der Waals surface area (Å²) in [4.78, 5) is 6.51. The number of nitrogens with one attached hydrogen (secondary N) is 1. The van der Waals surface area contributed by atoms with Gasteiger partial charge in [0.2, 0.25) is 0 Å². The third-order valence-electron chi connectivity index (χ3n) is 3.88. The molecule has 7 heteroatoms. The van der Waals surface area contributed by atoms with Crippen LogP contribution in [0.2, 0.25) is 0 Å². The lowest BCUT2D eigenvalue weighted by Gasteiger charge is -2.23. The minimum absolute atomic E-state index is 0. The standard InChI is InChI=1S/C18H31N3O2S.HI/c1-14-11-16(22-4)17(23-5)12-15(14)13-21(3)18(19-2)20-9-7-8-10-24-6;/h11-12H,7-10,13H2,1-6H3,(H,19,20);1H. The molecule has 1 aromatic carbocycles. The molecule has 0 fully saturated rings. The zero-order chi connectivity index (χ0) is 17.9. The lowest BCUT2D eigenvalue weighted by molar-refractivity contribution is 0.353. The molecule has 25 heavy (non-hydrogen) atoms. The third-order valence-corrected chi connectivity index (χ3v) is 4.58. The monoisotopic (exact) mass is 481 g/mol. The molecular formula is C18H32IN3O2S. The van der Waals surface area contributed by atoms with E-state index in [2.05, 4.69) is 28.4 Å². The first-order valence-electron chi connectivity index (χ1n) is 8.19. The number of guanidine groups is 1. The van der Waals surface area contributed by atoms with E-state index in [0.717, 1.165) is 37.0 Å². The highest BCUT2D eigenvalue weighted by molar-refractivity contribution is 14.0. The Hall–Kier alpha value is -0.830. The molecule has 0 saturated carbocycles. The van der Waals surface area contributed by atoms with Gasteiger partial charge in [-0.2, -0.15) is 11.8 Å². The Bertz CT molecular complexity index is 541. The lowest BCUT2D eigenvalue weighted by atomic mass is 10.1. The van der Waals surface area contributed by atoms with E-state index in [1.807, 2.05) is 38.0 Å². The summed E-state index contributed by atoms with van der Waals surface area (Å²) in [6.07, 6.45) is 4.53. The second kappa shape index (κ2) is 13.4. The topological polar surface area (TPSA) is 46.1 Å². The molecule has 0 unspecified atom stereocenters. The summed E-state index contributed by atoms with van der Waals surface area (Å²) in [7, 11) is 7.19. The van der Waals surface area contributed by atoms with Crippen LogP contribution in [-0.2, 0) is 6.54 Å². The average molecular weight is 481 g/mol. The van der Waals surface area contributed by atoms with Gasteiger partial charge in [-0.25, -0.2) is 0 Å². The smallest absolute Gasteiger partial charge is 0.193 e. The molecule has 0 radical (unpaired) electrons. The van der Waals surface area contributed by atoms with E-state index >= 15 is 0 Å². The normalized spacial score (nSPS) is 10.9. The van der Waals surface area contributed by atoms with Crippen LogP contribution in [0.15, 0.2) is 17.1 Å². The quantitative estimate of drug-likeness (QED) is 0.252. The van der Waals surface area contributed by atoms with Crippen molar-refractivity contribution in [2.24, 2.45) is 4.99 Å². The first-order chi connectivity index (χ1) is 11.6. The zero-order valence-corrected chi connectivity index (χ0v) is 19.4. The first kappa shape index (κ1) is 24.2. The Morgan fingerprint density at radius 1 is 1.20 bits per heavy atom. The number of aliphatic imine (C=N–C) groups is 1. The molecule has 1 aromatic rings. The van der Waals surface area contributed by atoms with Crippen LogP contribution in [0.1, 0.15) is 24.0 Å². The van der Waals surface area contributed by atoms with Crippen LogP contribution in [0, 0.1) is 6.92 Å². The maximum atomic E-state index is 5.41. The predicted molar refractivity (Wildman–Crippen MR) is 120 cm³/mol. The van der Waals surface area contributed by atoms with Crippen molar-refractivity contribution in [3.8, 4) is 11.5 Å². The molecule has 0 aliphatic rings. The SMILES string of the molecule is CN=C(NCCCCSC)N(C)Cc1cc(OC)c(OC)cc1C.I. The maximum Gasteiger partial charge on any atom is 0.193 e. The van der Waals surface area contributed by atoms with Crippen molar-refractivity contribution in [1.82, 2.24) is 10.2 Å². The van der Waals surface area contributed by atoms with E-state index in [1.54, 1.807) is 14.2 Å². The molecule has 0 heterocycles. The average Bonchev–Trinajstić information content (AvgIpc) is 2.59. The van der Waals surface area contributed by atoms with Gasteiger partial charge in [-0.05, 0) is 55.0 Å². The Balaban J connectivity index is 0.00000576. The lowest BCUT2D eigenvalue weighted by Crippen LogP contribution is -2.39. The highest BCUT2D eigenvalue weighted by Crippen LogP contribution is 2.30. The third kappa shape index (κ3) is 7.94. The molecule has 0 amide bonds. The van der Waals surface area contributed by atoms with Crippen LogP contribution in [-0.4, -0.2) is 57.7 Å². The van der Waals surface area contributed by atoms with Crippen LogP contribution in [0.3, 0.4) is 0 Å². The molecular weight excluding hydrogens is 449 g/mol. The second-order valence-electron chi connectivity index (χ2n) is 5.66. The molecule has 1 rings (SSSR count). The van der Waals surface area contributed by atoms with E-state index in [0.29, 0.717) is 0 Å². The summed E-state index contributed by atoms with van der Waals surface area (Å²) in [6, 6.07) is 4.05. The van der Waals surface area contributed by atoms with Gasteiger partial charge in [0.1, 0.15) is 0 Å². The Labute approximate surface area is 174 Å². The van der Waals surface area contributed by atoms with Gasteiger partial charge in [-0.3, -0.25) is 4.99 Å². The molecule has 0 aliphatic carbocycles. The number of unbranched alkanes of at least 4 members (excludes halogenated alkanes) is 1. The molecule has 0 saturated heterocycles. The number of halogens is 1. The molecule has 0 aliphatic heterocycles. The Kier molecular flexibility index (Phi) is 12.9. The van der Waals surface area contributed by atoms with Crippen LogP contribution < -0.4 is 14.8 Å². The Morgan fingerprint density at radius 2 is 1.84 bits per heavy atom. The molecule has 0 bridgehead atoms. The van der Waals surface area contributed by atoms with Crippen molar-refractivity contribution in [1.29, 1.82) is 0 Å². The van der Waals surface area contributed by atoms with Gasteiger partial charge < -0.3 is 19.7 Å². The molecule has 0 aromatic heterocycles. The second-order valence-corrected chi connectivity index (χ2v) is 6.65. The van der Waals surface area contributed by atoms with Gasteiger partial charge in [0.25, 0.3) is 0 Å². The fraction of sp³-hybridized carbons (Fsp3) is 0.611. The van der Waals surface area contributed by atoms with Gasteiger partial charge in [-0.15, -0.1) is 24.0 Å². The Morgan fingerprint density at radius 3 is 2.40 bits per heavy atom. The fourth-order valence-electron chi connectivity index (χ4n) is 2.48. The van der Waals surface area contributed by atoms with E-state index in [4.69, 9.17) is 9.47 Å². The van der Waals surface area contributed by atoms with Crippen LogP contribution in [0.5, 0.6) is 11.5 Å². The van der Waals surface area contributed by atoms with E-state index < -0.39 is 0 Å². The fourth-order valence-corrected chi connectivity index (χ4v) is 2.97. The molecule has 144 valence electrons. The van der Waals surface area contributed by atoms with E-state index in [9.17, 15) is 0 Å². The molecule has 0 spiro atoms. The highest BCUT2D eigenvalue weighted by atomic mass is 127. The number of rotatable bonds is 9. The van der Waals surface area contributed by atoms with Crippen molar-refractivity contribution >= 4 is 41.7 Å². The summed E-state index contributed by atoms with van der Waals surface area (Å²) in [5.74, 6) is 3.64. The summed E-state index contributed by atoms with van der Waals surface area (Å²) in [5, 5.41) is 3.43. The molecule has 0 atom stereocenters. The molecule has 1 N–H and O–H groups in total. The van der Waals surface area contributed by atoms with Crippen molar-refractivity contribution in [2.45, 2.75) is 26.3 Å². The van der Waals surface area contributed by atoms with E-state index in [-0.39, 0.29) is 24.0 Å². The summed E-state index contributed by atoms with van der Waals surface area (Å²) < 4.78 is 10.8.